The number of halogens is 1. The highest BCUT2D eigenvalue weighted by Crippen LogP contribution is 2.33. The van der Waals surface area contributed by atoms with E-state index in [1.54, 1.807) is 26.8 Å². The van der Waals surface area contributed by atoms with Crippen molar-refractivity contribution in [3.63, 3.8) is 0 Å². The van der Waals surface area contributed by atoms with E-state index in [0.29, 0.717) is 23.1 Å². The Hall–Kier alpha value is -1.84. The lowest BCUT2D eigenvalue weighted by molar-refractivity contribution is -0.148. The lowest BCUT2D eigenvalue weighted by Crippen LogP contribution is -2.31. The molecular formula is C14H15FO3. The monoisotopic (exact) mass is 250 g/mol. The van der Waals surface area contributed by atoms with E-state index in [4.69, 9.17) is 9.15 Å². The molecule has 2 rings (SSSR count). The fourth-order valence-corrected chi connectivity index (χ4v) is 1.93. The van der Waals surface area contributed by atoms with Crippen LogP contribution < -0.4 is 0 Å². The standard InChI is InChI=1S/C14H15FO3/c1-4-17-13(16)14(2,3)11-8-10(15)7-9-5-6-18-12(9)11/h5-8H,4H2,1-3H3. The fourth-order valence-electron chi connectivity index (χ4n) is 1.93. The maximum absolute atomic E-state index is 13.6. The number of rotatable bonds is 3. The number of benzene rings is 1. The van der Waals surface area contributed by atoms with Gasteiger partial charge < -0.3 is 9.15 Å². The Morgan fingerprint density at radius 2 is 2.17 bits per heavy atom. The van der Waals surface area contributed by atoms with Crippen LogP contribution in [0.5, 0.6) is 0 Å². The Morgan fingerprint density at radius 1 is 1.44 bits per heavy atom. The molecule has 1 heterocycles. The number of carbonyl (C=O) groups is 1. The van der Waals surface area contributed by atoms with Gasteiger partial charge in [-0.2, -0.15) is 0 Å². The minimum Gasteiger partial charge on any atom is -0.465 e. The van der Waals surface area contributed by atoms with Crippen LogP contribution in [0.4, 0.5) is 4.39 Å². The summed E-state index contributed by atoms with van der Waals surface area (Å²) in [6, 6.07) is 4.37. The molecule has 0 amide bonds. The second-order valence-electron chi connectivity index (χ2n) is 4.64. The van der Waals surface area contributed by atoms with Gasteiger partial charge in [-0.05, 0) is 39.0 Å². The van der Waals surface area contributed by atoms with E-state index in [1.165, 1.54) is 18.4 Å². The predicted molar refractivity (Wildman–Crippen MR) is 65.8 cm³/mol. The lowest BCUT2D eigenvalue weighted by Gasteiger charge is -2.22. The van der Waals surface area contributed by atoms with Gasteiger partial charge in [0.15, 0.2) is 0 Å². The Kier molecular flexibility index (Phi) is 3.11. The third-order valence-corrected chi connectivity index (χ3v) is 2.98. The molecule has 0 saturated carbocycles. The highest BCUT2D eigenvalue weighted by Gasteiger charge is 2.34. The molecular weight excluding hydrogens is 235 g/mol. The number of furan rings is 1. The number of hydrogen-bond donors (Lipinski definition) is 0. The number of ether oxygens (including phenoxy) is 1. The molecule has 0 aliphatic heterocycles. The van der Waals surface area contributed by atoms with Gasteiger partial charge in [0.05, 0.1) is 18.3 Å². The normalized spacial score (nSPS) is 11.8. The van der Waals surface area contributed by atoms with Gasteiger partial charge in [-0.1, -0.05) is 0 Å². The SMILES string of the molecule is CCOC(=O)C(C)(C)c1cc(F)cc2ccoc12. The summed E-state index contributed by atoms with van der Waals surface area (Å²) >= 11 is 0. The van der Waals surface area contributed by atoms with Crippen molar-refractivity contribution < 1.29 is 18.3 Å². The van der Waals surface area contributed by atoms with Crippen molar-refractivity contribution in [3.8, 4) is 0 Å². The summed E-state index contributed by atoms with van der Waals surface area (Å²) in [6.07, 6.45) is 1.48. The molecule has 18 heavy (non-hydrogen) atoms. The van der Waals surface area contributed by atoms with Gasteiger partial charge in [-0.25, -0.2) is 4.39 Å². The van der Waals surface area contributed by atoms with Crippen molar-refractivity contribution in [1.82, 2.24) is 0 Å². The molecule has 0 bridgehead atoms. The van der Waals surface area contributed by atoms with Crippen molar-refractivity contribution in [3.05, 3.63) is 35.8 Å². The molecule has 3 nitrogen and oxygen atoms in total. The summed E-state index contributed by atoms with van der Waals surface area (Å²) in [7, 11) is 0. The fraction of sp³-hybridized carbons (Fsp3) is 0.357. The molecule has 1 aromatic carbocycles. The first kappa shape index (κ1) is 12.6. The van der Waals surface area contributed by atoms with E-state index < -0.39 is 17.2 Å². The maximum atomic E-state index is 13.6. The van der Waals surface area contributed by atoms with Crippen LogP contribution in [-0.4, -0.2) is 12.6 Å². The van der Waals surface area contributed by atoms with Gasteiger partial charge >= 0.3 is 5.97 Å². The molecule has 0 atom stereocenters. The predicted octanol–water partition coefficient (Wildman–Crippen LogP) is 3.41. The van der Waals surface area contributed by atoms with Crippen LogP contribution in [0.1, 0.15) is 26.3 Å². The zero-order valence-corrected chi connectivity index (χ0v) is 10.6. The highest BCUT2D eigenvalue weighted by molar-refractivity contribution is 5.90. The number of carbonyl (C=O) groups excluding carboxylic acids is 1. The van der Waals surface area contributed by atoms with Gasteiger partial charge in [0.25, 0.3) is 0 Å². The molecule has 0 radical (unpaired) electrons. The minimum atomic E-state index is -0.950. The van der Waals surface area contributed by atoms with Crippen molar-refractivity contribution in [2.75, 3.05) is 6.61 Å². The molecule has 4 heteroatoms. The molecule has 0 saturated heterocycles. The molecule has 0 aliphatic carbocycles. The summed E-state index contributed by atoms with van der Waals surface area (Å²) in [5, 5.41) is 0.641. The first-order valence-electron chi connectivity index (χ1n) is 5.81. The van der Waals surface area contributed by atoms with Gasteiger partial charge in [0.1, 0.15) is 11.4 Å². The summed E-state index contributed by atoms with van der Waals surface area (Å²) in [5.41, 5.74) is 0.0733. The van der Waals surface area contributed by atoms with Crippen molar-refractivity contribution in [1.29, 1.82) is 0 Å². The van der Waals surface area contributed by atoms with Gasteiger partial charge in [-0.15, -0.1) is 0 Å². The molecule has 0 fully saturated rings. The first-order chi connectivity index (χ1) is 8.46. The zero-order chi connectivity index (χ0) is 13.3. The zero-order valence-electron chi connectivity index (χ0n) is 10.6. The molecule has 96 valence electrons. The largest absolute Gasteiger partial charge is 0.465 e. The average molecular weight is 250 g/mol. The molecule has 1 aromatic heterocycles. The maximum Gasteiger partial charge on any atom is 0.316 e. The second-order valence-corrected chi connectivity index (χ2v) is 4.64. The van der Waals surface area contributed by atoms with Gasteiger partial charge in [0.2, 0.25) is 0 Å². The van der Waals surface area contributed by atoms with E-state index in [0.717, 1.165) is 0 Å². The number of hydrogen-bond acceptors (Lipinski definition) is 3. The van der Waals surface area contributed by atoms with Crippen molar-refractivity contribution in [2.45, 2.75) is 26.2 Å². The van der Waals surface area contributed by atoms with Crippen LogP contribution in [0, 0.1) is 5.82 Å². The van der Waals surface area contributed by atoms with Gasteiger partial charge in [-0.3, -0.25) is 4.79 Å². The summed E-state index contributed by atoms with van der Waals surface area (Å²) in [6.45, 7) is 5.42. The smallest absolute Gasteiger partial charge is 0.316 e. The second kappa shape index (κ2) is 4.44. The molecule has 0 N–H and O–H groups in total. The Bertz CT molecular complexity index is 584. The van der Waals surface area contributed by atoms with E-state index in [-0.39, 0.29) is 0 Å². The van der Waals surface area contributed by atoms with Crippen LogP contribution in [-0.2, 0) is 14.9 Å². The van der Waals surface area contributed by atoms with Crippen molar-refractivity contribution >= 4 is 16.9 Å². The van der Waals surface area contributed by atoms with Crippen LogP contribution in [0.2, 0.25) is 0 Å². The average Bonchev–Trinajstić information content (AvgIpc) is 2.75. The topological polar surface area (TPSA) is 39.4 Å². The Balaban J connectivity index is 2.58. The van der Waals surface area contributed by atoms with Crippen LogP contribution >= 0.6 is 0 Å². The Morgan fingerprint density at radius 3 is 2.83 bits per heavy atom. The van der Waals surface area contributed by atoms with E-state index in [9.17, 15) is 9.18 Å². The summed E-state index contributed by atoms with van der Waals surface area (Å²) < 4.78 is 23.9. The van der Waals surface area contributed by atoms with Crippen molar-refractivity contribution in [2.24, 2.45) is 0 Å². The van der Waals surface area contributed by atoms with Crippen LogP contribution in [0.25, 0.3) is 11.0 Å². The minimum absolute atomic E-state index is 0.291. The first-order valence-corrected chi connectivity index (χ1v) is 5.81. The van der Waals surface area contributed by atoms with Crippen LogP contribution in [0.15, 0.2) is 28.9 Å². The molecule has 0 unspecified atom stereocenters. The molecule has 0 aliphatic rings. The highest BCUT2D eigenvalue weighted by atomic mass is 19.1. The third kappa shape index (κ3) is 1.98. The number of fused-ring (bicyclic) bond motifs is 1. The Labute approximate surface area is 105 Å². The molecule has 2 aromatic rings. The number of esters is 1. The quantitative estimate of drug-likeness (QED) is 0.783. The van der Waals surface area contributed by atoms with E-state index in [1.807, 2.05) is 0 Å². The van der Waals surface area contributed by atoms with Crippen LogP contribution in [0.3, 0.4) is 0 Å². The van der Waals surface area contributed by atoms with Gasteiger partial charge in [0, 0.05) is 10.9 Å². The van der Waals surface area contributed by atoms with E-state index >= 15 is 0 Å². The van der Waals surface area contributed by atoms with E-state index in [2.05, 4.69) is 0 Å². The summed E-state index contributed by atoms with van der Waals surface area (Å²) in [4.78, 5) is 12.0. The third-order valence-electron chi connectivity index (χ3n) is 2.98. The molecule has 0 spiro atoms. The summed E-state index contributed by atoms with van der Waals surface area (Å²) in [5.74, 6) is -0.787. The lowest BCUT2D eigenvalue weighted by atomic mass is 9.84.